The second-order valence-electron chi connectivity index (χ2n) is 4.84. The van der Waals surface area contributed by atoms with Crippen molar-refractivity contribution in [2.75, 3.05) is 7.11 Å². The molecule has 0 bridgehead atoms. The van der Waals surface area contributed by atoms with Crippen molar-refractivity contribution in [2.24, 2.45) is 0 Å². The third-order valence-electron chi connectivity index (χ3n) is 3.30. The molecule has 116 valence electrons. The highest BCUT2D eigenvalue weighted by Gasteiger charge is 2.18. The number of hydrogen-bond acceptors (Lipinski definition) is 5. The van der Waals surface area contributed by atoms with Gasteiger partial charge in [0.25, 0.3) is 0 Å². The van der Waals surface area contributed by atoms with Crippen LogP contribution < -0.4 is 4.74 Å². The molecule has 0 aliphatic carbocycles. The number of aromatic nitrogens is 2. The number of halogens is 1. The van der Waals surface area contributed by atoms with Crippen molar-refractivity contribution < 1.29 is 13.9 Å². The molecule has 3 rings (SSSR count). The average Bonchev–Trinajstić information content (AvgIpc) is 3.01. The summed E-state index contributed by atoms with van der Waals surface area (Å²) in [5.41, 5.74) is 1.90. The van der Waals surface area contributed by atoms with Crippen molar-refractivity contribution in [1.29, 1.82) is 0 Å². The number of Topliss-reactive ketones (excluding diaryl/α,β-unsaturated/α-hetero) is 1. The van der Waals surface area contributed by atoms with E-state index in [4.69, 9.17) is 4.74 Å². The first kappa shape index (κ1) is 15.3. The molecule has 0 fully saturated rings. The molecule has 0 spiro atoms. The van der Waals surface area contributed by atoms with E-state index in [-0.39, 0.29) is 11.5 Å². The van der Waals surface area contributed by atoms with Crippen LogP contribution in [-0.2, 0) is 0 Å². The first-order chi connectivity index (χ1) is 11.1. The Balaban J connectivity index is 2.13. The second-order valence-corrected chi connectivity index (χ2v) is 5.84. The number of pyridine rings is 1. The molecule has 1 aromatic carbocycles. The van der Waals surface area contributed by atoms with Gasteiger partial charge in [-0.1, -0.05) is 0 Å². The molecule has 0 aliphatic rings. The fourth-order valence-electron chi connectivity index (χ4n) is 2.19. The summed E-state index contributed by atoms with van der Waals surface area (Å²) in [6.45, 7) is 1.48. The summed E-state index contributed by atoms with van der Waals surface area (Å²) in [6, 6.07) is 8.19. The highest BCUT2D eigenvalue weighted by atomic mass is 32.1. The molecule has 0 amide bonds. The van der Waals surface area contributed by atoms with Crippen molar-refractivity contribution >= 4 is 17.1 Å². The topological polar surface area (TPSA) is 52.1 Å². The van der Waals surface area contributed by atoms with Crippen molar-refractivity contribution in [3.05, 3.63) is 53.4 Å². The number of carbonyl (C=O) groups is 1. The van der Waals surface area contributed by atoms with Crippen LogP contribution in [0.15, 0.2) is 42.7 Å². The van der Waals surface area contributed by atoms with E-state index in [2.05, 4.69) is 9.97 Å². The number of thiazole rings is 1. The van der Waals surface area contributed by atoms with Gasteiger partial charge in [0, 0.05) is 30.4 Å². The van der Waals surface area contributed by atoms with Crippen LogP contribution in [0.5, 0.6) is 5.75 Å². The third kappa shape index (κ3) is 2.98. The molecule has 23 heavy (non-hydrogen) atoms. The molecule has 0 saturated heterocycles. The lowest BCUT2D eigenvalue weighted by Gasteiger charge is -2.04. The van der Waals surface area contributed by atoms with E-state index in [1.807, 2.05) is 12.1 Å². The largest absolute Gasteiger partial charge is 0.494 e. The van der Waals surface area contributed by atoms with Crippen LogP contribution in [0.1, 0.15) is 16.6 Å². The molecule has 2 heterocycles. The number of nitrogens with zero attached hydrogens (tertiary/aromatic N) is 2. The fraction of sp³-hybridized carbons (Fsp3) is 0.118. The third-order valence-corrected chi connectivity index (χ3v) is 4.50. The Labute approximate surface area is 136 Å². The smallest absolute Gasteiger partial charge is 0.172 e. The molecule has 6 heteroatoms. The first-order valence-corrected chi connectivity index (χ1v) is 7.68. The molecule has 3 aromatic rings. The maximum Gasteiger partial charge on any atom is 0.172 e. The van der Waals surface area contributed by atoms with Gasteiger partial charge in [-0.2, -0.15) is 0 Å². The zero-order chi connectivity index (χ0) is 16.4. The predicted molar refractivity (Wildman–Crippen MR) is 87.3 cm³/mol. The normalized spacial score (nSPS) is 10.6. The fourth-order valence-corrected chi connectivity index (χ4v) is 3.17. The molecule has 2 aromatic heterocycles. The molecular weight excluding hydrogens is 315 g/mol. The molecule has 0 saturated carbocycles. The van der Waals surface area contributed by atoms with Gasteiger partial charge >= 0.3 is 0 Å². The highest BCUT2D eigenvalue weighted by Crippen LogP contribution is 2.35. The average molecular weight is 328 g/mol. The number of hydrogen-bond donors (Lipinski definition) is 0. The van der Waals surface area contributed by atoms with Crippen molar-refractivity contribution in [1.82, 2.24) is 9.97 Å². The minimum absolute atomic E-state index is 0.103. The molecular formula is C17H13FN2O2S. The minimum Gasteiger partial charge on any atom is -0.494 e. The zero-order valence-corrected chi connectivity index (χ0v) is 13.4. The number of ketones is 1. The van der Waals surface area contributed by atoms with E-state index in [9.17, 15) is 9.18 Å². The number of ether oxygens (including phenoxy) is 1. The van der Waals surface area contributed by atoms with Crippen molar-refractivity contribution in [3.63, 3.8) is 0 Å². The Bertz CT molecular complexity index is 862. The Morgan fingerprint density at radius 2 is 1.91 bits per heavy atom. The van der Waals surface area contributed by atoms with Crippen LogP contribution >= 0.6 is 11.3 Å². The van der Waals surface area contributed by atoms with Gasteiger partial charge in [-0.05, 0) is 30.3 Å². The van der Waals surface area contributed by atoms with Gasteiger partial charge in [0.15, 0.2) is 17.3 Å². The standard InChI is InChI=1S/C17H13FN2O2S/c1-10(21)16-15(12-3-4-14(22-2)13(18)9-12)20-17(23-16)11-5-7-19-8-6-11/h3-9H,1-2H3. The molecule has 0 N–H and O–H groups in total. The number of carbonyl (C=O) groups excluding carboxylic acids is 1. The van der Waals surface area contributed by atoms with Crippen LogP contribution in [0.3, 0.4) is 0 Å². The molecule has 4 nitrogen and oxygen atoms in total. The highest BCUT2D eigenvalue weighted by molar-refractivity contribution is 7.17. The van der Waals surface area contributed by atoms with Gasteiger partial charge < -0.3 is 4.74 Å². The first-order valence-electron chi connectivity index (χ1n) is 6.86. The summed E-state index contributed by atoms with van der Waals surface area (Å²) < 4.78 is 18.9. The van der Waals surface area contributed by atoms with E-state index >= 15 is 0 Å². The van der Waals surface area contributed by atoms with Crippen LogP contribution in [0, 0.1) is 5.82 Å². The summed E-state index contributed by atoms with van der Waals surface area (Å²) in [7, 11) is 1.41. The minimum atomic E-state index is -0.488. The molecule has 0 aliphatic heterocycles. The van der Waals surface area contributed by atoms with E-state index in [0.717, 1.165) is 5.56 Å². The lowest BCUT2D eigenvalue weighted by atomic mass is 10.1. The van der Waals surface area contributed by atoms with Gasteiger partial charge in [0.2, 0.25) is 0 Å². The van der Waals surface area contributed by atoms with Gasteiger partial charge in [0.1, 0.15) is 5.01 Å². The Kier molecular flexibility index (Phi) is 4.16. The molecule has 0 atom stereocenters. The van der Waals surface area contributed by atoms with Gasteiger partial charge in [-0.25, -0.2) is 9.37 Å². The molecule has 0 radical (unpaired) electrons. The summed E-state index contributed by atoms with van der Waals surface area (Å²) in [5.74, 6) is -0.435. The summed E-state index contributed by atoms with van der Waals surface area (Å²) >= 11 is 1.29. The number of rotatable bonds is 4. The van der Waals surface area contributed by atoms with E-state index in [1.165, 1.54) is 37.5 Å². The lowest BCUT2D eigenvalue weighted by molar-refractivity contribution is 0.102. The van der Waals surface area contributed by atoms with Gasteiger partial charge in [-0.3, -0.25) is 9.78 Å². The quantitative estimate of drug-likeness (QED) is 0.673. The number of benzene rings is 1. The van der Waals surface area contributed by atoms with Crippen molar-refractivity contribution in [2.45, 2.75) is 6.92 Å². The van der Waals surface area contributed by atoms with Crippen LogP contribution in [0.2, 0.25) is 0 Å². The second kappa shape index (κ2) is 6.26. The van der Waals surface area contributed by atoms with Crippen LogP contribution in [-0.4, -0.2) is 22.9 Å². The summed E-state index contributed by atoms with van der Waals surface area (Å²) in [4.78, 5) is 20.9. The maximum absolute atomic E-state index is 14.0. The van der Waals surface area contributed by atoms with Crippen LogP contribution in [0.4, 0.5) is 4.39 Å². The SMILES string of the molecule is COc1ccc(-c2nc(-c3ccncc3)sc2C(C)=O)cc1F. The Hall–Kier alpha value is -2.60. The molecule has 0 unspecified atom stereocenters. The monoisotopic (exact) mass is 328 g/mol. The Morgan fingerprint density at radius 1 is 1.17 bits per heavy atom. The maximum atomic E-state index is 14.0. The lowest BCUT2D eigenvalue weighted by Crippen LogP contribution is -1.93. The predicted octanol–water partition coefficient (Wildman–Crippen LogP) is 4.22. The Morgan fingerprint density at radius 3 is 2.52 bits per heavy atom. The summed E-state index contributed by atoms with van der Waals surface area (Å²) in [5, 5.41) is 0.698. The van der Waals surface area contributed by atoms with Crippen molar-refractivity contribution in [3.8, 4) is 27.6 Å². The zero-order valence-electron chi connectivity index (χ0n) is 12.5. The van der Waals surface area contributed by atoms with E-state index < -0.39 is 5.82 Å². The van der Waals surface area contributed by atoms with E-state index in [0.29, 0.717) is 21.1 Å². The number of methoxy groups -OCH3 is 1. The van der Waals surface area contributed by atoms with Crippen LogP contribution in [0.25, 0.3) is 21.8 Å². The van der Waals surface area contributed by atoms with Gasteiger partial charge in [0.05, 0.1) is 17.7 Å². The van der Waals surface area contributed by atoms with E-state index in [1.54, 1.807) is 18.5 Å². The van der Waals surface area contributed by atoms with Gasteiger partial charge in [-0.15, -0.1) is 11.3 Å². The summed E-state index contributed by atoms with van der Waals surface area (Å²) in [6.07, 6.45) is 3.33.